The molecule has 3 aromatic rings. The van der Waals surface area contributed by atoms with Gasteiger partial charge in [0.05, 0.1) is 12.8 Å². The van der Waals surface area contributed by atoms with Gasteiger partial charge in [-0.2, -0.15) is 5.10 Å². The van der Waals surface area contributed by atoms with Crippen molar-refractivity contribution in [2.24, 2.45) is 0 Å². The number of rotatable bonds is 5. The fourth-order valence-corrected chi connectivity index (χ4v) is 3.55. The molecule has 0 bridgehead atoms. The Morgan fingerprint density at radius 3 is 2.74 bits per heavy atom. The van der Waals surface area contributed by atoms with Crippen LogP contribution < -0.4 is 15.6 Å². The molecule has 0 spiro atoms. The van der Waals surface area contributed by atoms with Gasteiger partial charge in [-0.05, 0) is 49.9 Å². The van der Waals surface area contributed by atoms with E-state index in [0.29, 0.717) is 17.7 Å². The van der Waals surface area contributed by atoms with Crippen LogP contribution in [-0.2, 0) is 24.2 Å². The lowest BCUT2D eigenvalue weighted by atomic mass is 9.97. The van der Waals surface area contributed by atoms with E-state index in [1.807, 2.05) is 0 Å². The molecular weight excluding hydrogens is 344 g/mol. The molecule has 0 aliphatic heterocycles. The number of hydrogen-bond donors (Lipinski definition) is 1. The molecule has 1 N–H and O–H groups in total. The van der Waals surface area contributed by atoms with Gasteiger partial charge in [0, 0.05) is 36.6 Å². The highest BCUT2D eigenvalue weighted by molar-refractivity contribution is 5.90. The molecule has 1 aliphatic rings. The second kappa shape index (κ2) is 7.26. The monoisotopic (exact) mass is 366 g/mol. The Morgan fingerprint density at radius 1 is 1.19 bits per heavy atom. The molecule has 0 saturated heterocycles. The Bertz CT molecular complexity index is 1030. The zero-order chi connectivity index (χ0) is 18.8. The minimum absolute atomic E-state index is 0.0783. The van der Waals surface area contributed by atoms with Gasteiger partial charge in [0.25, 0.3) is 5.56 Å². The molecule has 1 aromatic carbocycles. The molecule has 2 heterocycles. The van der Waals surface area contributed by atoms with Crippen molar-refractivity contribution in [3.05, 3.63) is 58.3 Å². The Kier molecular flexibility index (Phi) is 4.66. The second-order valence-corrected chi connectivity index (χ2v) is 6.75. The Balaban J connectivity index is 1.47. The maximum Gasteiger partial charge on any atom is 0.276 e. The summed E-state index contributed by atoms with van der Waals surface area (Å²) in [4.78, 5) is 25.1. The number of nitrogens with zero attached hydrogens (tertiary/aromatic N) is 3. The van der Waals surface area contributed by atoms with Crippen LogP contribution in [0.2, 0.25) is 0 Å². The minimum atomic E-state index is -0.137. The van der Waals surface area contributed by atoms with Crippen LogP contribution in [-0.4, -0.2) is 27.2 Å². The molecule has 0 atom stereocenters. The number of aryl methyl sites for hydroxylation is 3. The number of ether oxygens (including phenoxy) is 1. The van der Waals surface area contributed by atoms with E-state index in [4.69, 9.17) is 4.74 Å². The van der Waals surface area contributed by atoms with E-state index in [0.717, 1.165) is 42.7 Å². The van der Waals surface area contributed by atoms with Gasteiger partial charge in [-0.3, -0.25) is 9.59 Å². The lowest BCUT2D eigenvalue weighted by molar-refractivity contribution is -0.116. The van der Waals surface area contributed by atoms with Crippen molar-refractivity contribution in [3.63, 3.8) is 0 Å². The molecule has 7 nitrogen and oxygen atoms in total. The molecule has 1 aliphatic carbocycles. The lowest BCUT2D eigenvalue weighted by Crippen LogP contribution is -2.24. The van der Waals surface area contributed by atoms with Crippen molar-refractivity contribution in [3.8, 4) is 5.75 Å². The summed E-state index contributed by atoms with van der Waals surface area (Å²) in [7, 11) is 1.60. The number of methoxy groups -OCH3 is 1. The van der Waals surface area contributed by atoms with Gasteiger partial charge in [-0.15, -0.1) is 0 Å². The number of anilines is 1. The van der Waals surface area contributed by atoms with E-state index < -0.39 is 0 Å². The van der Waals surface area contributed by atoms with E-state index in [9.17, 15) is 9.59 Å². The summed E-state index contributed by atoms with van der Waals surface area (Å²) in [5.41, 5.74) is 3.39. The molecule has 0 unspecified atom stereocenters. The predicted molar refractivity (Wildman–Crippen MR) is 102 cm³/mol. The van der Waals surface area contributed by atoms with Crippen molar-refractivity contribution in [1.29, 1.82) is 0 Å². The van der Waals surface area contributed by atoms with Gasteiger partial charge in [0.2, 0.25) is 5.91 Å². The summed E-state index contributed by atoms with van der Waals surface area (Å²) in [6, 6.07) is 7.15. The zero-order valence-electron chi connectivity index (χ0n) is 15.3. The van der Waals surface area contributed by atoms with Crippen molar-refractivity contribution < 1.29 is 9.53 Å². The summed E-state index contributed by atoms with van der Waals surface area (Å²) in [6.45, 7) is 0.331. The van der Waals surface area contributed by atoms with Crippen LogP contribution in [0, 0.1) is 0 Å². The third-order valence-electron chi connectivity index (χ3n) is 4.99. The van der Waals surface area contributed by atoms with Crippen molar-refractivity contribution >= 4 is 17.1 Å². The quantitative estimate of drug-likeness (QED) is 0.752. The second-order valence-electron chi connectivity index (χ2n) is 6.75. The molecule has 2 aromatic heterocycles. The fraction of sp³-hybridized carbons (Fsp3) is 0.350. The zero-order valence-corrected chi connectivity index (χ0v) is 15.3. The molecular formula is C20H22N4O3. The highest BCUT2D eigenvalue weighted by Gasteiger charge is 2.19. The summed E-state index contributed by atoms with van der Waals surface area (Å²) in [5, 5.41) is 7.37. The first kappa shape index (κ1) is 17.3. The van der Waals surface area contributed by atoms with Crippen LogP contribution in [0.25, 0.3) is 5.52 Å². The number of carbonyl (C=O) groups is 1. The van der Waals surface area contributed by atoms with E-state index in [1.165, 1.54) is 0 Å². The molecule has 1 amide bonds. The average Bonchev–Trinajstić information content (AvgIpc) is 3.07. The van der Waals surface area contributed by atoms with Crippen LogP contribution in [0.1, 0.15) is 30.5 Å². The van der Waals surface area contributed by atoms with Crippen molar-refractivity contribution in [2.75, 3.05) is 12.4 Å². The molecule has 140 valence electrons. The Morgan fingerprint density at radius 2 is 1.96 bits per heavy atom. The number of carbonyl (C=O) groups excluding carboxylic acids is 1. The number of fused-ring (bicyclic) bond motifs is 3. The van der Waals surface area contributed by atoms with Gasteiger partial charge in [-0.1, -0.05) is 0 Å². The summed E-state index contributed by atoms with van der Waals surface area (Å²) in [6.07, 6.45) is 7.77. The van der Waals surface area contributed by atoms with Crippen LogP contribution in [0.3, 0.4) is 0 Å². The van der Waals surface area contributed by atoms with E-state index in [-0.39, 0.29) is 17.9 Å². The highest BCUT2D eigenvalue weighted by atomic mass is 16.5. The Hall–Kier alpha value is -3.09. The summed E-state index contributed by atoms with van der Waals surface area (Å²) in [5.74, 6) is 0.597. The first-order valence-electron chi connectivity index (χ1n) is 9.19. The van der Waals surface area contributed by atoms with E-state index in [1.54, 1.807) is 52.9 Å². The number of nitrogens with one attached hydrogen (secondary N) is 1. The Labute approximate surface area is 156 Å². The third-order valence-corrected chi connectivity index (χ3v) is 4.99. The molecule has 4 rings (SSSR count). The van der Waals surface area contributed by atoms with Gasteiger partial charge < -0.3 is 14.6 Å². The number of amides is 1. The predicted octanol–water partition coefficient (Wildman–Crippen LogP) is 2.41. The third kappa shape index (κ3) is 3.45. The van der Waals surface area contributed by atoms with Gasteiger partial charge in [-0.25, -0.2) is 4.52 Å². The largest absolute Gasteiger partial charge is 0.497 e. The van der Waals surface area contributed by atoms with Crippen LogP contribution >= 0.6 is 0 Å². The van der Waals surface area contributed by atoms with Gasteiger partial charge in [0.15, 0.2) is 0 Å². The lowest BCUT2D eigenvalue weighted by Gasteiger charge is -2.10. The van der Waals surface area contributed by atoms with Crippen molar-refractivity contribution in [2.45, 2.75) is 38.6 Å². The van der Waals surface area contributed by atoms with Gasteiger partial charge >= 0.3 is 0 Å². The van der Waals surface area contributed by atoms with Crippen LogP contribution in [0.4, 0.5) is 5.69 Å². The van der Waals surface area contributed by atoms with Crippen LogP contribution in [0.15, 0.2) is 41.5 Å². The molecule has 0 saturated carbocycles. The minimum Gasteiger partial charge on any atom is -0.497 e. The van der Waals surface area contributed by atoms with E-state index >= 15 is 0 Å². The van der Waals surface area contributed by atoms with Crippen molar-refractivity contribution in [1.82, 2.24) is 14.2 Å². The van der Waals surface area contributed by atoms with Gasteiger partial charge in [0.1, 0.15) is 11.3 Å². The summed E-state index contributed by atoms with van der Waals surface area (Å²) >= 11 is 0. The first-order valence-corrected chi connectivity index (χ1v) is 9.19. The summed E-state index contributed by atoms with van der Waals surface area (Å²) < 4.78 is 8.39. The van der Waals surface area contributed by atoms with Crippen LogP contribution in [0.5, 0.6) is 5.75 Å². The highest BCUT2D eigenvalue weighted by Crippen LogP contribution is 2.22. The maximum atomic E-state index is 12.9. The number of benzene rings is 1. The smallest absolute Gasteiger partial charge is 0.276 e. The fourth-order valence-electron chi connectivity index (χ4n) is 3.55. The number of hydrogen-bond acceptors (Lipinski definition) is 4. The molecule has 27 heavy (non-hydrogen) atoms. The average molecular weight is 366 g/mol. The molecule has 7 heteroatoms. The SMILES string of the molecule is COc1ccc(NC(=O)CCn2ccn3nc4c(c3c2=O)CCCC4)cc1. The molecule has 0 radical (unpaired) electrons. The normalized spacial score (nSPS) is 13.4. The number of aromatic nitrogens is 3. The standard InChI is InChI=1S/C20H22N4O3/c1-27-15-8-6-14(7-9-15)21-18(25)10-11-23-12-13-24-19(20(23)26)16-4-2-3-5-17(16)22-24/h6-9,12-13H,2-5,10-11H2,1H3,(H,21,25). The maximum absolute atomic E-state index is 12.9. The molecule has 0 fully saturated rings. The van der Waals surface area contributed by atoms with E-state index in [2.05, 4.69) is 10.4 Å². The first-order chi connectivity index (χ1) is 13.2. The topological polar surface area (TPSA) is 77.6 Å².